The van der Waals surface area contributed by atoms with Crippen molar-refractivity contribution in [1.29, 1.82) is 0 Å². The number of unbranched alkanes of at least 4 members (excludes halogenated alkanes) is 4. The lowest BCUT2D eigenvalue weighted by Crippen LogP contribution is -1.94. The van der Waals surface area contributed by atoms with Gasteiger partial charge in [0, 0.05) is 15.2 Å². The minimum Gasteiger partial charge on any atom is -0.422 e. The lowest BCUT2D eigenvalue weighted by atomic mass is 10.1. The summed E-state index contributed by atoms with van der Waals surface area (Å²) in [6, 6.07) is 0. The molecule has 1 aliphatic heterocycles. The predicted octanol–water partition coefficient (Wildman–Crippen LogP) is 5.28. The standard InChI is InChI=1S/C15H23IO2/c1-3-5-7-9-12-11-14(17)18-15(12)13(16)10-8-6-4-2/h11H,3-10H2,1-2H3/b15-13-. The normalized spacial score (nSPS) is 17.7. The molecule has 0 N–H and O–H groups in total. The molecule has 102 valence electrons. The monoisotopic (exact) mass is 362 g/mol. The maximum Gasteiger partial charge on any atom is 0.336 e. The van der Waals surface area contributed by atoms with Gasteiger partial charge in [0.25, 0.3) is 0 Å². The molecule has 0 atom stereocenters. The highest BCUT2D eigenvalue weighted by Crippen LogP contribution is 2.32. The highest BCUT2D eigenvalue weighted by molar-refractivity contribution is 14.1. The fraction of sp³-hybridized carbons (Fsp3) is 0.667. The van der Waals surface area contributed by atoms with Crippen molar-refractivity contribution in [2.75, 3.05) is 0 Å². The molecule has 2 nitrogen and oxygen atoms in total. The molecule has 0 unspecified atom stereocenters. The summed E-state index contributed by atoms with van der Waals surface area (Å²) in [5, 5.41) is 0. The molecule has 0 amide bonds. The second-order valence-electron chi connectivity index (χ2n) is 4.74. The SMILES string of the molecule is CCCCCC1=CC(=O)O/C1=C(\I)CCCCC. The molecular weight excluding hydrogens is 339 g/mol. The number of halogens is 1. The smallest absolute Gasteiger partial charge is 0.336 e. The molecule has 1 rings (SSSR count). The zero-order chi connectivity index (χ0) is 13.4. The summed E-state index contributed by atoms with van der Waals surface area (Å²) in [6.45, 7) is 4.39. The van der Waals surface area contributed by atoms with Crippen LogP contribution in [0.1, 0.15) is 65.2 Å². The van der Waals surface area contributed by atoms with E-state index in [1.807, 2.05) is 0 Å². The molecule has 0 spiro atoms. The molecule has 0 radical (unpaired) electrons. The van der Waals surface area contributed by atoms with E-state index in [4.69, 9.17) is 4.74 Å². The van der Waals surface area contributed by atoms with Gasteiger partial charge in [0.1, 0.15) is 5.76 Å². The van der Waals surface area contributed by atoms with E-state index >= 15 is 0 Å². The van der Waals surface area contributed by atoms with Gasteiger partial charge in [-0.1, -0.05) is 39.5 Å². The number of ether oxygens (including phenoxy) is 1. The van der Waals surface area contributed by atoms with Crippen LogP contribution >= 0.6 is 22.6 Å². The quantitative estimate of drug-likeness (QED) is 0.334. The minimum atomic E-state index is -0.193. The van der Waals surface area contributed by atoms with Gasteiger partial charge >= 0.3 is 5.97 Å². The van der Waals surface area contributed by atoms with Gasteiger partial charge in [-0.2, -0.15) is 0 Å². The lowest BCUT2D eigenvalue weighted by molar-refractivity contribution is -0.132. The maximum atomic E-state index is 11.4. The Morgan fingerprint density at radius 2 is 1.83 bits per heavy atom. The molecular formula is C15H23IO2. The topological polar surface area (TPSA) is 26.3 Å². The summed E-state index contributed by atoms with van der Waals surface area (Å²) in [5.74, 6) is 0.661. The van der Waals surface area contributed by atoms with Gasteiger partial charge in [0.05, 0.1) is 0 Å². The van der Waals surface area contributed by atoms with Crippen LogP contribution in [0.4, 0.5) is 0 Å². The Kier molecular flexibility index (Phi) is 7.63. The van der Waals surface area contributed by atoms with Crippen LogP contribution in [0.5, 0.6) is 0 Å². The first-order chi connectivity index (χ1) is 8.69. The van der Waals surface area contributed by atoms with E-state index in [1.165, 1.54) is 35.7 Å². The summed E-state index contributed by atoms with van der Waals surface area (Å²) in [7, 11) is 0. The fourth-order valence-electron chi connectivity index (χ4n) is 2.03. The van der Waals surface area contributed by atoms with Gasteiger partial charge in [0.2, 0.25) is 0 Å². The van der Waals surface area contributed by atoms with Crippen LogP contribution in [0.15, 0.2) is 21.0 Å². The largest absolute Gasteiger partial charge is 0.422 e. The van der Waals surface area contributed by atoms with Crippen molar-refractivity contribution in [3.63, 3.8) is 0 Å². The molecule has 0 bridgehead atoms. The van der Waals surface area contributed by atoms with Crippen LogP contribution < -0.4 is 0 Å². The number of carbonyl (C=O) groups excluding carboxylic acids is 1. The highest BCUT2D eigenvalue weighted by Gasteiger charge is 2.22. The van der Waals surface area contributed by atoms with Crippen molar-refractivity contribution < 1.29 is 9.53 Å². The molecule has 1 heterocycles. The van der Waals surface area contributed by atoms with Crippen molar-refractivity contribution in [3.05, 3.63) is 21.0 Å². The lowest BCUT2D eigenvalue weighted by Gasteiger charge is -2.08. The molecule has 0 fully saturated rings. The van der Waals surface area contributed by atoms with Crippen LogP contribution in [0.2, 0.25) is 0 Å². The maximum absolute atomic E-state index is 11.4. The first-order valence-electron chi connectivity index (χ1n) is 7.00. The number of hydrogen-bond acceptors (Lipinski definition) is 2. The second kappa shape index (κ2) is 8.73. The summed E-state index contributed by atoms with van der Waals surface area (Å²) in [5.41, 5.74) is 1.11. The molecule has 0 saturated heterocycles. The molecule has 0 aromatic heterocycles. The van der Waals surface area contributed by atoms with Crippen molar-refractivity contribution >= 4 is 28.6 Å². The third kappa shape index (κ3) is 5.12. The third-order valence-electron chi connectivity index (χ3n) is 3.08. The highest BCUT2D eigenvalue weighted by atomic mass is 127. The average Bonchev–Trinajstić information content (AvgIpc) is 2.71. The molecule has 0 aromatic carbocycles. The number of cyclic esters (lactones) is 1. The van der Waals surface area contributed by atoms with Crippen LogP contribution in [0.25, 0.3) is 0 Å². The Morgan fingerprint density at radius 1 is 1.17 bits per heavy atom. The van der Waals surface area contributed by atoms with Crippen molar-refractivity contribution in [2.45, 2.75) is 65.2 Å². The Bertz CT molecular complexity index is 342. The van der Waals surface area contributed by atoms with Gasteiger partial charge in [-0.25, -0.2) is 4.79 Å². The van der Waals surface area contributed by atoms with Crippen LogP contribution in [-0.2, 0) is 9.53 Å². The van der Waals surface area contributed by atoms with Crippen LogP contribution in [-0.4, -0.2) is 5.97 Å². The zero-order valence-corrected chi connectivity index (χ0v) is 13.6. The van der Waals surface area contributed by atoms with Crippen LogP contribution in [0, 0.1) is 0 Å². The van der Waals surface area contributed by atoms with E-state index in [9.17, 15) is 4.79 Å². The number of hydrogen-bond donors (Lipinski definition) is 0. The van der Waals surface area contributed by atoms with Gasteiger partial charge < -0.3 is 4.74 Å². The Hall–Kier alpha value is -0.320. The summed E-state index contributed by atoms with van der Waals surface area (Å²) in [6.07, 6.45) is 10.9. The van der Waals surface area contributed by atoms with E-state index < -0.39 is 0 Å². The number of rotatable bonds is 8. The molecule has 0 aliphatic carbocycles. The van der Waals surface area contributed by atoms with Gasteiger partial charge in [-0.05, 0) is 48.3 Å². The van der Waals surface area contributed by atoms with E-state index in [-0.39, 0.29) is 5.97 Å². The van der Waals surface area contributed by atoms with Gasteiger partial charge in [-0.15, -0.1) is 0 Å². The first kappa shape index (κ1) is 15.7. The van der Waals surface area contributed by atoms with Crippen LogP contribution in [0.3, 0.4) is 0 Å². The summed E-state index contributed by atoms with van der Waals surface area (Å²) >= 11 is 2.33. The third-order valence-corrected chi connectivity index (χ3v) is 4.11. The van der Waals surface area contributed by atoms with E-state index in [1.54, 1.807) is 6.08 Å². The summed E-state index contributed by atoms with van der Waals surface area (Å²) in [4.78, 5) is 11.4. The Balaban J connectivity index is 2.59. The van der Waals surface area contributed by atoms with E-state index in [2.05, 4.69) is 36.4 Å². The van der Waals surface area contributed by atoms with Crippen molar-refractivity contribution in [1.82, 2.24) is 0 Å². The van der Waals surface area contributed by atoms with Gasteiger partial charge in [0.15, 0.2) is 0 Å². The number of carbonyl (C=O) groups is 1. The number of esters is 1. The number of allylic oxidation sites excluding steroid dienone is 2. The van der Waals surface area contributed by atoms with E-state index in [0.29, 0.717) is 0 Å². The minimum absolute atomic E-state index is 0.193. The fourth-order valence-corrected chi connectivity index (χ4v) is 2.87. The van der Waals surface area contributed by atoms with Gasteiger partial charge in [-0.3, -0.25) is 0 Å². The zero-order valence-electron chi connectivity index (χ0n) is 11.4. The molecule has 3 heteroatoms. The molecule has 1 aliphatic rings. The summed E-state index contributed by atoms with van der Waals surface area (Å²) < 4.78 is 6.54. The molecule has 0 aromatic rings. The van der Waals surface area contributed by atoms with E-state index in [0.717, 1.165) is 30.6 Å². The van der Waals surface area contributed by atoms with Crippen molar-refractivity contribution in [2.24, 2.45) is 0 Å². The average molecular weight is 362 g/mol. The Labute approximate surface area is 124 Å². The predicted molar refractivity (Wildman–Crippen MR) is 83.5 cm³/mol. The molecule has 18 heavy (non-hydrogen) atoms. The molecule has 0 saturated carbocycles. The second-order valence-corrected chi connectivity index (χ2v) is 6.04. The van der Waals surface area contributed by atoms with Crippen molar-refractivity contribution in [3.8, 4) is 0 Å². The Morgan fingerprint density at radius 3 is 2.50 bits per heavy atom. The first-order valence-corrected chi connectivity index (χ1v) is 8.08.